The monoisotopic (exact) mass is 158 g/mol. The zero-order valence-corrected chi connectivity index (χ0v) is 7.76. The maximum atomic E-state index is 8.84. The summed E-state index contributed by atoms with van der Waals surface area (Å²) in [5, 5.41) is 12.9. The van der Waals surface area contributed by atoms with Crippen molar-refractivity contribution >= 4 is 5.71 Å². The number of aliphatic hydroxyl groups is 1. The predicted octanol–water partition coefficient (Wildman–Crippen LogP) is 0.989. The fraction of sp³-hybridized carbons (Fsp3) is 0.875. The van der Waals surface area contributed by atoms with Crippen LogP contribution in [0.5, 0.6) is 0 Å². The highest BCUT2D eigenvalue weighted by atomic mass is 16.3. The molecule has 0 fully saturated rings. The Morgan fingerprint density at radius 2 is 1.91 bits per heavy atom. The zero-order valence-electron chi connectivity index (χ0n) is 7.76. The number of rotatable bonds is 4. The molecule has 0 aromatic heterocycles. The number of nitrogens with zero attached hydrogens (tertiary/aromatic N) is 1. The third kappa shape index (κ3) is 4.79. The summed E-state index contributed by atoms with van der Waals surface area (Å²) in [7, 11) is 0. The molecule has 0 heterocycles. The number of hydrogen-bond acceptors (Lipinski definition) is 3. The van der Waals surface area contributed by atoms with E-state index in [1.165, 1.54) is 0 Å². The van der Waals surface area contributed by atoms with E-state index in [4.69, 9.17) is 5.11 Å². The molecule has 0 amide bonds. The normalized spacial score (nSPS) is 12.8. The summed E-state index contributed by atoms with van der Waals surface area (Å²) in [5.41, 5.74) is 3.71. The Morgan fingerprint density at radius 3 is 2.18 bits per heavy atom. The lowest BCUT2D eigenvalue weighted by Gasteiger charge is -2.09. The maximum Gasteiger partial charge on any atom is 0.0833 e. The zero-order chi connectivity index (χ0) is 8.85. The summed E-state index contributed by atoms with van der Waals surface area (Å²) in [6.07, 6.45) is 0. The molecule has 0 saturated carbocycles. The summed E-state index contributed by atoms with van der Waals surface area (Å²) in [4.78, 5) is 0. The van der Waals surface area contributed by atoms with E-state index in [1.54, 1.807) is 0 Å². The average molecular weight is 158 g/mol. The van der Waals surface area contributed by atoms with E-state index in [1.807, 2.05) is 27.7 Å². The first-order valence-corrected chi connectivity index (χ1v) is 4.00. The Balaban J connectivity index is 3.91. The number of hydrogen-bond donors (Lipinski definition) is 2. The van der Waals surface area contributed by atoms with Gasteiger partial charge in [0.25, 0.3) is 0 Å². The van der Waals surface area contributed by atoms with E-state index >= 15 is 0 Å². The van der Waals surface area contributed by atoms with Gasteiger partial charge in [-0.05, 0) is 19.8 Å². The van der Waals surface area contributed by atoms with E-state index in [0.29, 0.717) is 12.0 Å². The molecule has 0 atom stereocenters. The molecule has 0 bridgehead atoms. The molecule has 0 rings (SSSR count). The third-order valence-corrected chi connectivity index (χ3v) is 1.29. The largest absolute Gasteiger partial charge is 0.390 e. The third-order valence-electron chi connectivity index (χ3n) is 1.29. The maximum absolute atomic E-state index is 8.84. The highest BCUT2D eigenvalue weighted by Crippen LogP contribution is 1.95. The quantitative estimate of drug-likeness (QED) is 0.473. The molecule has 66 valence electrons. The van der Waals surface area contributed by atoms with E-state index < -0.39 is 0 Å². The highest BCUT2D eigenvalue weighted by Gasteiger charge is 2.02. The number of nitrogens with one attached hydrogen (secondary N) is 1. The summed E-state index contributed by atoms with van der Waals surface area (Å²) in [6, 6.07) is 0.329. The summed E-state index contributed by atoms with van der Waals surface area (Å²) in [6.45, 7) is 8.09. The van der Waals surface area contributed by atoms with Gasteiger partial charge in [-0.2, -0.15) is 5.10 Å². The van der Waals surface area contributed by atoms with Gasteiger partial charge in [-0.25, -0.2) is 0 Å². The fourth-order valence-corrected chi connectivity index (χ4v) is 0.559. The van der Waals surface area contributed by atoms with Gasteiger partial charge in [0.2, 0.25) is 0 Å². The van der Waals surface area contributed by atoms with Crippen LogP contribution in [-0.4, -0.2) is 23.5 Å². The van der Waals surface area contributed by atoms with Gasteiger partial charge in [-0.3, -0.25) is 0 Å². The van der Waals surface area contributed by atoms with Crippen LogP contribution in [0.3, 0.4) is 0 Å². The molecule has 0 saturated heterocycles. The number of hydrazone groups is 1. The van der Waals surface area contributed by atoms with Crippen LogP contribution in [0.2, 0.25) is 0 Å². The van der Waals surface area contributed by atoms with Crippen molar-refractivity contribution in [3.8, 4) is 0 Å². The Kier molecular flexibility index (Phi) is 4.86. The molecule has 0 aliphatic carbocycles. The lowest BCUT2D eigenvalue weighted by atomic mass is 10.1. The second kappa shape index (κ2) is 5.13. The first kappa shape index (κ1) is 10.4. The predicted molar refractivity (Wildman–Crippen MR) is 47.6 cm³/mol. The Labute approximate surface area is 68.5 Å². The minimum absolute atomic E-state index is 0.0391. The van der Waals surface area contributed by atoms with Crippen LogP contribution in [0, 0.1) is 5.92 Å². The van der Waals surface area contributed by atoms with E-state index in [-0.39, 0.29) is 6.61 Å². The Bertz CT molecular complexity index is 130. The van der Waals surface area contributed by atoms with Crippen molar-refractivity contribution in [3.63, 3.8) is 0 Å². The topological polar surface area (TPSA) is 44.6 Å². The van der Waals surface area contributed by atoms with Gasteiger partial charge in [0.1, 0.15) is 0 Å². The number of aliphatic hydroxyl groups excluding tert-OH is 1. The first-order chi connectivity index (χ1) is 5.07. The summed E-state index contributed by atoms with van der Waals surface area (Å²) < 4.78 is 0. The molecule has 3 heteroatoms. The van der Waals surface area contributed by atoms with Crippen molar-refractivity contribution in [1.82, 2.24) is 5.43 Å². The molecular weight excluding hydrogens is 140 g/mol. The van der Waals surface area contributed by atoms with Crippen LogP contribution < -0.4 is 5.43 Å². The molecule has 2 N–H and O–H groups in total. The van der Waals surface area contributed by atoms with Crippen LogP contribution in [0.15, 0.2) is 5.10 Å². The van der Waals surface area contributed by atoms with Crippen LogP contribution in [0.25, 0.3) is 0 Å². The second-order valence-electron chi connectivity index (χ2n) is 3.20. The van der Waals surface area contributed by atoms with Crippen LogP contribution in [0.4, 0.5) is 0 Å². The molecule has 0 radical (unpaired) electrons. The van der Waals surface area contributed by atoms with Crippen molar-refractivity contribution in [2.24, 2.45) is 11.0 Å². The lowest BCUT2D eigenvalue weighted by Crippen LogP contribution is -2.22. The fourth-order valence-electron chi connectivity index (χ4n) is 0.559. The van der Waals surface area contributed by atoms with Crippen LogP contribution in [0.1, 0.15) is 27.7 Å². The minimum atomic E-state index is 0.0391. The lowest BCUT2D eigenvalue weighted by molar-refractivity contribution is 0.350. The highest BCUT2D eigenvalue weighted by molar-refractivity contribution is 5.86. The van der Waals surface area contributed by atoms with Crippen LogP contribution >= 0.6 is 0 Å². The SMILES string of the molecule is CC(C)N/N=C(\CO)C(C)C. The molecule has 0 spiro atoms. The molecule has 3 nitrogen and oxygen atoms in total. The summed E-state index contributed by atoms with van der Waals surface area (Å²) >= 11 is 0. The molecule has 0 aliphatic heterocycles. The molecule has 0 aliphatic rings. The van der Waals surface area contributed by atoms with Crippen molar-refractivity contribution in [2.75, 3.05) is 6.61 Å². The van der Waals surface area contributed by atoms with Crippen molar-refractivity contribution in [2.45, 2.75) is 33.7 Å². The Morgan fingerprint density at radius 1 is 1.36 bits per heavy atom. The molecule has 11 heavy (non-hydrogen) atoms. The van der Waals surface area contributed by atoms with E-state index in [2.05, 4.69) is 10.5 Å². The first-order valence-electron chi connectivity index (χ1n) is 4.00. The van der Waals surface area contributed by atoms with Gasteiger partial charge in [-0.1, -0.05) is 13.8 Å². The van der Waals surface area contributed by atoms with Gasteiger partial charge in [0.15, 0.2) is 0 Å². The average Bonchev–Trinajstić information content (AvgIpc) is 1.87. The van der Waals surface area contributed by atoms with Gasteiger partial charge in [0, 0.05) is 6.04 Å². The van der Waals surface area contributed by atoms with Gasteiger partial charge < -0.3 is 10.5 Å². The van der Waals surface area contributed by atoms with Crippen LogP contribution in [-0.2, 0) is 0 Å². The molecular formula is C8H18N2O. The minimum Gasteiger partial charge on any atom is -0.390 e. The van der Waals surface area contributed by atoms with Crippen molar-refractivity contribution in [1.29, 1.82) is 0 Å². The van der Waals surface area contributed by atoms with E-state index in [0.717, 1.165) is 5.71 Å². The molecule has 0 aromatic rings. The van der Waals surface area contributed by atoms with Crippen molar-refractivity contribution in [3.05, 3.63) is 0 Å². The van der Waals surface area contributed by atoms with Gasteiger partial charge in [0.05, 0.1) is 12.3 Å². The molecule has 0 aromatic carbocycles. The Hall–Kier alpha value is -0.570. The van der Waals surface area contributed by atoms with Crippen molar-refractivity contribution < 1.29 is 5.11 Å². The van der Waals surface area contributed by atoms with Gasteiger partial charge >= 0.3 is 0 Å². The second-order valence-corrected chi connectivity index (χ2v) is 3.20. The van der Waals surface area contributed by atoms with E-state index in [9.17, 15) is 0 Å². The smallest absolute Gasteiger partial charge is 0.0833 e. The molecule has 0 unspecified atom stereocenters. The summed E-state index contributed by atoms with van der Waals surface area (Å²) in [5.74, 6) is 0.311. The van der Waals surface area contributed by atoms with Gasteiger partial charge in [-0.15, -0.1) is 0 Å². The standard InChI is InChI=1S/C8H18N2O/c1-6(2)8(5-11)10-9-7(3)4/h6-7,9,11H,5H2,1-4H3/b10-8+.